The van der Waals surface area contributed by atoms with Crippen molar-refractivity contribution in [3.63, 3.8) is 0 Å². The first-order valence-corrected chi connectivity index (χ1v) is 8.73. The van der Waals surface area contributed by atoms with Gasteiger partial charge in [-0.25, -0.2) is 4.79 Å². The standard InChI is InChI=1S/C19H25F3N2O4/c1-11(2)10-18(3,23)15(25)9-13-7-5-4-6-12(13)8-14(16(26)27)24-17(28)19(20,21)22/h4-7,11,14H,8-10,23H2,1-3H3,(H,24,28)(H,26,27). The summed E-state index contributed by atoms with van der Waals surface area (Å²) in [5.41, 5.74) is 5.82. The lowest BCUT2D eigenvalue weighted by Gasteiger charge is -2.26. The summed E-state index contributed by atoms with van der Waals surface area (Å²) in [7, 11) is 0. The number of alkyl halides is 3. The van der Waals surface area contributed by atoms with Crippen LogP contribution in [0.3, 0.4) is 0 Å². The van der Waals surface area contributed by atoms with Crippen LogP contribution in [0.1, 0.15) is 38.3 Å². The molecular formula is C19H25F3N2O4. The minimum atomic E-state index is -5.19. The molecule has 4 N–H and O–H groups in total. The fraction of sp³-hybridized carbons (Fsp3) is 0.526. The maximum absolute atomic E-state index is 12.6. The maximum Gasteiger partial charge on any atom is 0.471 e. The Morgan fingerprint density at radius 1 is 1.14 bits per heavy atom. The number of nitrogens with one attached hydrogen (secondary N) is 1. The molecule has 0 aliphatic carbocycles. The molecule has 1 amide bonds. The molecule has 6 nitrogen and oxygen atoms in total. The van der Waals surface area contributed by atoms with Crippen LogP contribution in [0.25, 0.3) is 0 Å². The van der Waals surface area contributed by atoms with Crippen molar-refractivity contribution in [1.82, 2.24) is 5.32 Å². The fourth-order valence-electron chi connectivity index (χ4n) is 2.93. The molecule has 1 rings (SSSR count). The van der Waals surface area contributed by atoms with Gasteiger partial charge in [0.1, 0.15) is 6.04 Å². The molecule has 28 heavy (non-hydrogen) atoms. The highest BCUT2D eigenvalue weighted by Crippen LogP contribution is 2.20. The second-order valence-electron chi connectivity index (χ2n) is 7.45. The van der Waals surface area contributed by atoms with E-state index < -0.39 is 36.1 Å². The van der Waals surface area contributed by atoms with E-state index in [4.69, 9.17) is 5.73 Å². The Hall–Kier alpha value is -2.42. The largest absolute Gasteiger partial charge is 0.480 e. The van der Waals surface area contributed by atoms with Crippen LogP contribution >= 0.6 is 0 Å². The first-order chi connectivity index (χ1) is 12.7. The Labute approximate surface area is 161 Å². The van der Waals surface area contributed by atoms with Crippen molar-refractivity contribution >= 4 is 17.7 Å². The second-order valence-corrected chi connectivity index (χ2v) is 7.45. The number of carbonyl (C=O) groups is 3. The van der Waals surface area contributed by atoms with Crippen molar-refractivity contribution in [3.05, 3.63) is 35.4 Å². The van der Waals surface area contributed by atoms with Crippen LogP contribution in [-0.4, -0.2) is 40.5 Å². The molecule has 0 fully saturated rings. The molecule has 0 saturated heterocycles. The summed E-state index contributed by atoms with van der Waals surface area (Å²) in [4.78, 5) is 35.0. The zero-order valence-electron chi connectivity index (χ0n) is 16.0. The van der Waals surface area contributed by atoms with Crippen LogP contribution in [0.5, 0.6) is 0 Å². The topological polar surface area (TPSA) is 109 Å². The predicted molar refractivity (Wildman–Crippen MR) is 96.5 cm³/mol. The van der Waals surface area contributed by atoms with Crippen LogP contribution in [-0.2, 0) is 27.2 Å². The smallest absolute Gasteiger partial charge is 0.471 e. The quantitative estimate of drug-likeness (QED) is 0.587. The van der Waals surface area contributed by atoms with Gasteiger partial charge in [0.2, 0.25) is 0 Å². The van der Waals surface area contributed by atoms with Crippen molar-refractivity contribution in [2.75, 3.05) is 0 Å². The molecule has 0 aromatic heterocycles. The lowest BCUT2D eigenvalue weighted by molar-refractivity contribution is -0.175. The summed E-state index contributed by atoms with van der Waals surface area (Å²) in [6.45, 7) is 5.46. The Morgan fingerprint density at radius 2 is 1.68 bits per heavy atom. The number of aliphatic carboxylic acids is 1. The molecule has 0 bridgehead atoms. The van der Waals surface area contributed by atoms with Gasteiger partial charge in [0.05, 0.1) is 5.54 Å². The van der Waals surface area contributed by atoms with E-state index in [9.17, 15) is 32.7 Å². The van der Waals surface area contributed by atoms with Gasteiger partial charge < -0.3 is 16.2 Å². The van der Waals surface area contributed by atoms with E-state index in [1.165, 1.54) is 11.4 Å². The summed E-state index contributed by atoms with van der Waals surface area (Å²) in [5, 5.41) is 10.7. The number of carboxylic acids is 1. The highest BCUT2D eigenvalue weighted by molar-refractivity contribution is 5.90. The van der Waals surface area contributed by atoms with Crippen LogP contribution < -0.4 is 11.1 Å². The summed E-state index contributed by atoms with van der Waals surface area (Å²) in [5.74, 6) is -4.02. The normalized spacial score (nSPS) is 15.0. The summed E-state index contributed by atoms with van der Waals surface area (Å²) >= 11 is 0. The lowest BCUT2D eigenvalue weighted by atomic mass is 9.84. The van der Waals surface area contributed by atoms with Gasteiger partial charge in [0, 0.05) is 12.8 Å². The third-order valence-electron chi connectivity index (χ3n) is 4.22. The number of benzene rings is 1. The van der Waals surface area contributed by atoms with Crippen molar-refractivity contribution in [3.8, 4) is 0 Å². The number of carbonyl (C=O) groups excluding carboxylic acids is 2. The lowest BCUT2D eigenvalue weighted by Crippen LogP contribution is -2.48. The van der Waals surface area contributed by atoms with E-state index >= 15 is 0 Å². The van der Waals surface area contributed by atoms with Crippen molar-refractivity contribution in [2.24, 2.45) is 11.7 Å². The summed E-state index contributed by atoms with van der Waals surface area (Å²) < 4.78 is 37.3. The number of carboxylic acid groups (broad SMARTS) is 1. The maximum atomic E-state index is 12.6. The van der Waals surface area contributed by atoms with Crippen molar-refractivity contribution in [1.29, 1.82) is 0 Å². The number of rotatable bonds is 9. The van der Waals surface area contributed by atoms with Gasteiger partial charge in [-0.1, -0.05) is 38.1 Å². The highest BCUT2D eigenvalue weighted by atomic mass is 19.4. The molecule has 2 atom stereocenters. The molecule has 0 radical (unpaired) electrons. The monoisotopic (exact) mass is 402 g/mol. The van der Waals surface area contributed by atoms with Gasteiger partial charge in [0.15, 0.2) is 5.78 Å². The van der Waals surface area contributed by atoms with E-state index in [1.807, 2.05) is 13.8 Å². The SMILES string of the molecule is CC(C)CC(C)(N)C(=O)Cc1ccccc1CC(NC(=O)C(F)(F)F)C(=O)O. The van der Waals surface area contributed by atoms with Gasteiger partial charge in [-0.2, -0.15) is 13.2 Å². The molecule has 156 valence electrons. The van der Waals surface area contributed by atoms with Crippen LogP contribution in [0, 0.1) is 5.92 Å². The molecule has 1 aromatic carbocycles. The molecule has 9 heteroatoms. The molecule has 1 aromatic rings. The summed E-state index contributed by atoms with van der Waals surface area (Å²) in [6.07, 6.45) is -5.23. The van der Waals surface area contributed by atoms with Gasteiger partial charge in [-0.05, 0) is 30.4 Å². The van der Waals surface area contributed by atoms with Gasteiger partial charge in [-0.3, -0.25) is 9.59 Å². The average molecular weight is 402 g/mol. The van der Waals surface area contributed by atoms with E-state index in [1.54, 1.807) is 25.1 Å². The molecular weight excluding hydrogens is 377 g/mol. The molecule has 2 unspecified atom stereocenters. The number of nitrogens with two attached hydrogens (primary N) is 1. The Bertz CT molecular complexity index is 730. The number of hydrogen-bond donors (Lipinski definition) is 3. The molecule has 0 spiro atoms. The first-order valence-electron chi connectivity index (χ1n) is 8.73. The fourth-order valence-corrected chi connectivity index (χ4v) is 2.93. The molecule has 0 aliphatic rings. The number of amides is 1. The molecule has 0 aliphatic heterocycles. The highest BCUT2D eigenvalue weighted by Gasteiger charge is 2.41. The second kappa shape index (κ2) is 9.18. The Balaban J connectivity index is 3.02. The zero-order valence-corrected chi connectivity index (χ0v) is 16.0. The van der Waals surface area contributed by atoms with E-state index in [-0.39, 0.29) is 18.1 Å². The van der Waals surface area contributed by atoms with Crippen LogP contribution in [0.2, 0.25) is 0 Å². The third kappa shape index (κ3) is 6.95. The number of hydrogen-bond acceptors (Lipinski definition) is 4. The van der Waals surface area contributed by atoms with E-state index in [0.717, 1.165) is 0 Å². The van der Waals surface area contributed by atoms with Crippen molar-refractivity contribution < 1.29 is 32.7 Å². The van der Waals surface area contributed by atoms with Crippen LogP contribution in [0.4, 0.5) is 13.2 Å². The summed E-state index contributed by atoms with van der Waals surface area (Å²) in [6, 6.07) is 4.51. The predicted octanol–water partition coefficient (Wildman–Crippen LogP) is 2.24. The van der Waals surface area contributed by atoms with Gasteiger partial charge >= 0.3 is 18.1 Å². The first kappa shape index (κ1) is 23.6. The number of halogens is 3. The molecule has 0 heterocycles. The number of ketones is 1. The Kier molecular flexibility index (Phi) is 7.75. The van der Waals surface area contributed by atoms with E-state index in [2.05, 4.69) is 0 Å². The Morgan fingerprint density at radius 3 is 2.14 bits per heavy atom. The minimum absolute atomic E-state index is 0.0878. The van der Waals surface area contributed by atoms with Crippen molar-refractivity contribution in [2.45, 2.75) is 57.8 Å². The zero-order chi connectivity index (χ0) is 21.7. The van der Waals surface area contributed by atoms with Gasteiger partial charge in [-0.15, -0.1) is 0 Å². The van der Waals surface area contributed by atoms with E-state index in [0.29, 0.717) is 17.5 Å². The number of Topliss-reactive ketones (excluding diaryl/α,β-unsaturated/α-hetero) is 1. The third-order valence-corrected chi connectivity index (χ3v) is 4.22. The minimum Gasteiger partial charge on any atom is -0.480 e. The van der Waals surface area contributed by atoms with Crippen LogP contribution in [0.15, 0.2) is 24.3 Å². The molecule has 0 saturated carbocycles. The average Bonchev–Trinajstić information content (AvgIpc) is 2.53. The van der Waals surface area contributed by atoms with Gasteiger partial charge in [0.25, 0.3) is 0 Å².